The molecule has 0 aliphatic carbocycles. The fraction of sp³-hybridized carbons (Fsp3) is 0. The van der Waals surface area contributed by atoms with Crippen molar-refractivity contribution >= 4 is 34.2 Å². The van der Waals surface area contributed by atoms with Crippen molar-refractivity contribution in [1.82, 2.24) is 0 Å². The number of carbonyl (C=O) groups is 1. The van der Waals surface area contributed by atoms with Gasteiger partial charge in [0.15, 0.2) is 5.82 Å². The molecule has 0 aliphatic rings. The van der Waals surface area contributed by atoms with E-state index >= 15 is 0 Å². The fourth-order valence-electron chi connectivity index (χ4n) is 1.49. The molecule has 2 rings (SSSR count). The first-order chi connectivity index (χ1) is 7.59. The van der Waals surface area contributed by atoms with Crippen LogP contribution in [0.3, 0.4) is 0 Å². The highest BCUT2D eigenvalue weighted by molar-refractivity contribution is 6.34. The Labute approximate surface area is 95.5 Å². The molecule has 0 unspecified atom stereocenters. The van der Waals surface area contributed by atoms with E-state index in [1.54, 1.807) is 24.3 Å². The number of fused-ring (bicyclic) bond motifs is 1. The Morgan fingerprint density at radius 3 is 2.75 bits per heavy atom. The summed E-state index contributed by atoms with van der Waals surface area (Å²) in [6, 6.07) is 8.21. The SMILES string of the molecule is O=C(O)Nc1c(Cl)cc2ccccc2c1F. The number of nitrogens with one attached hydrogen (secondary N) is 1. The average molecular weight is 240 g/mol. The molecule has 0 atom stereocenters. The summed E-state index contributed by atoms with van der Waals surface area (Å²) in [5, 5.41) is 11.5. The van der Waals surface area contributed by atoms with Gasteiger partial charge in [-0.15, -0.1) is 0 Å². The highest BCUT2D eigenvalue weighted by Crippen LogP contribution is 2.32. The summed E-state index contributed by atoms with van der Waals surface area (Å²) in [5.74, 6) is -0.662. The van der Waals surface area contributed by atoms with Crippen molar-refractivity contribution < 1.29 is 14.3 Å². The Morgan fingerprint density at radius 2 is 2.06 bits per heavy atom. The van der Waals surface area contributed by atoms with Crippen molar-refractivity contribution in [1.29, 1.82) is 0 Å². The van der Waals surface area contributed by atoms with Crippen LogP contribution in [0.4, 0.5) is 14.9 Å². The molecule has 3 nitrogen and oxygen atoms in total. The Hall–Kier alpha value is -1.81. The van der Waals surface area contributed by atoms with Crippen LogP contribution in [0.25, 0.3) is 10.8 Å². The van der Waals surface area contributed by atoms with Crippen LogP contribution in [0.1, 0.15) is 0 Å². The highest BCUT2D eigenvalue weighted by atomic mass is 35.5. The number of amides is 1. The van der Waals surface area contributed by atoms with Crippen LogP contribution >= 0.6 is 11.6 Å². The molecule has 1 amide bonds. The van der Waals surface area contributed by atoms with Gasteiger partial charge in [-0.25, -0.2) is 9.18 Å². The van der Waals surface area contributed by atoms with E-state index in [0.717, 1.165) is 0 Å². The Kier molecular flexibility index (Phi) is 2.66. The smallest absolute Gasteiger partial charge is 0.409 e. The Morgan fingerprint density at radius 1 is 1.38 bits per heavy atom. The summed E-state index contributed by atoms with van der Waals surface area (Å²) in [7, 11) is 0. The quantitative estimate of drug-likeness (QED) is 0.797. The second-order valence-corrected chi connectivity index (χ2v) is 3.61. The van der Waals surface area contributed by atoms with Gasteiger partial charge in [-0.1, -0.05) is 35.9 Å². The molecule has 82 valence electrons. The summed E-state index contributed by atoms with van der Waals surface area (Å²) in [5.41, 5.74) is -0.215. The number of anilines is 1. The molecule has 2 N–H and O–H groups in total. The maximum atomic E-state index is 13.9. The fourth-order valence-corrected chi connectivity index (χ4v) is 1.74. The summed E-state index contributed by atoms with van der Waals surface area (Å²) in [4.78, 5) is 10.5. The van der Waals surface area contributed by atoms with Crippen LogP contribution in [-0.4, -0.2) is 11.2 Å². The maximum absolute atomic E-state index is 13.9. The predicted molar refractivity (Wildman–Crippen MR) is 60.6 cm³/mol. The van der Waals surface area contributed by atoms with E-state index in [2.05, 4.69) is 0 Å². The third-order valence-electron chi connectivity index (χ3n) is 2.17. The minimum Gasteiger partial charge on any atom is -0.465 e. The van der Waals surface area contributed by atoms with Crippen LogP contribution < -0.4 is 5.32 Å². The lowest BCUT2D eigenvalue weighted by atomic mass is 10.1. The zero-order valence-electron chi connectivity index (χ0n) is 8.00. The van der Waals surface area contributed by atoms with E-state index in [-0.39, 0.29) is 10.7 Å². The number of carboxylic acid groups (broad SMARTS) is 1. The Balaban J connectivity index is 2.70. The van der Waals surface area contributed by atoms with Gasteiger partial charge in [0.05, 0.1) is 10.7 Å². The molecule has 0 spiro atoms. The lowest BCUT2D eigenvalue weighted by molar-refractivity contribution is 0.209. The zero-order chi connectivity index (χ0) is 11.7. The molecule has 0 saturated carbocycles. The third-order valence-corrected chi connectivity index (χ3v) is 2.47. The van der Waals surface area contributed by atoms with Gasteiger partial charge in [-0.2, -0.15) is 0 Å². The molecule has 0 radical (unpaired) electrons. The molecular weight excluding hydrogens is 233 g/mol. The van der Waals surface area contributed by atoms with E-state index in [9.17, 15) is 9.18 Å². The Bertz CT molecular complexity index is 571. The van der Waals surface area contributed by atoms with Gasteiger partial charge < -0.3 is 5.11 Å². The van der Waals surface area contributed by atoms with Crippen molar-refractivity contribution in [2.75, 3.05) is 5.32 Å². The molecule has 2 aromatic rings. The predicted octanol–water partition coefficient (Wildman–Crippen LogP) is 3.72. The molecule has 2 aromatic carbocycles. The highest BCUT2D eigenvalue weighted by Gasteiger charge is 2.13. The van der Waals surface area contributed by atoms with Gasteiger partial charge in [-0.3, -0.25) is 5.32 Å². The normalized spacial score (nSPS) is 10.4. The zero-order valence-corrected chi connectivity index (χ0v) is 8.75. The van der Waals surface area contributed by atoms with Gasteiger partial charge in [-0.05, 0) is 11.5 Å². The van der Waals surface area contributed by atoms with E-state index in [1.165, 1.54) is 6.07 Å². The topological polar surface area (TPSA) is 49.3 Å². The van der Waals surface area contributed by atoms with Crippen LogP contribution in [0.5, 0.6) is 0 Å². The van der Waals surface area contributed by atoms with Gasteiger partial charge in [0.25, 0.3) is 0 Å². The van der Waals surface area contributed by atoms with Gasteiger partial charge >= 0.3 is 6.09 Å². The van der Waals surface area contributed by atoms with E-state index < -0.39 is 11.9 Å². The summed E-state index contributed by atoms with van der Waals surface area (Å²) >= 11 is 5.79. The number of hydrogen-bond donors (Lipinski definition) is 2. The monoisotopic (exact) mass is 239 g/mol. The van der Waals surface area contributed by atoms with Crippen LogP contribution in [0.2, 0.25) is 5.02 Å². The van der Waals surface area contributed by atoms with Gasteiger partial charge in [0.2, 0.25) is 0 Å². The van der Waals surface area contributed by atoms with Crippen molar-refractivity contribution in [3.63, 3.8) is 0 Å². The van der Waals surface area contributed by atoms with Crippen LogP contribution in [0.15, 0.2) is 30.3 Å². The van der Waals surface area contributed by atoms with Crippen molar-refractivity contribution in [2.24, 2.45) is 0 Å². The number of halogens is 2. The van der Waals surface area contributed by atoms with Crippen LogP contribution in [-0.2, 0) is 0 Å². The summed E-state index contributed by atoms with van der Waals surface area (Å²) < 4.78 is 13.9. The average Bonchev–Trinajstić information content (AvgIpc) is 2.24. The first kappa shape index (κ1) is 10.7. The molecule has 0 bridgehead atoms. The maximum Gasteiger partial charge on any atom is 0.409 e. The second kappa shape index (κ2) is 3.98. The lowest BCUT2D eigenvalue weighted by Gasteiger charge is -2.08. The van der Waals surface area contributed by atoms with Gasteiger partial charge in [0, 0.05) is 5.39 Å². The second-order valence-electron chi connectivity index (χ2n) is 3.20. The summed E-state index contributed by atoms with van der Waals surface area (Å²) in [6.45, 7) is 0. The molecule has 5 heteroatoms. The molecule has 0 aromatic heterocycles. The van der Waals surface area contributed by atoms with E-state index in [1.807, 2.05) is 5.32 Å². The first-order valence-electron chi connectivity index (χ1n) is 4.46. The molecular formula is C11H7ClFNO2. The largest absolute Gasteiger partial charge is 0.465 e. The third kappa shape index (κ3) is 1.79. The minimum absolute atomic E-state index is 0.0404. The molecule has 0 fully saturated rings. The summed E-state index contributed by atoms with van der Waals surface area (Å²) in [6.07, 6.45) is -1.35. The van der Waals surface area contributed by atoms with E-state index in [0.29, 0.717) is 10.8 Å². The number of hydrogen-bond acceptors (Lipinski definition) is 1. The molecule has 0 saturated heterocycles. The molecule has 0 heterocycles. The van der Waals surface area contributed by atoms with E-state index in [4.69, 9.17) is 16.7 Å². The first-order valence-corrected chi connectivity index (χ1v) is 4.84. The minimum atomic E-state index is -1.35. The molecule has 16 heavy (non-hydrogen) atoms. The lowest BCUT2D eigenvalue weighted by Crippen LogP contribution is -2.09. The number of rotatable bonds is 1. The molecule has 0 aliphatic heterocycles. The van der Waals surface area contributed by atoms with Gasteiger partial charge in [0.1, 0.15) is 0 Å². The van der Waals surface area contributed by atoms with Crippen molar-refractivity contribution in [3.05, 3.63) is 41.2 Å². The van der Waals surface area contributed by atoms with Crippen molar-refractivity contribution in [3.8, 4) is 0 Å². The van der Waals surface area contributed by atoms with Crippen molar-refractivity contribution in [2.45, 2.75) is 0 Å². The number of benzene rings is 2. The van der Waals surface area contributed by atoms with Crippen LogP contribution in [0, 0.1) is 5.82 Å². The standard InChI is InChI=1S/C11H7ClFNO2/c12-8-5-6-3-1-2-4-7(6)9(13)10(8)14-11(15)16/h1-5,14H,(H,15,16).